The van der Waals surface area contributed by atoms with Gasteiger partial charge >= 0.3 is 0 Å². The quantitative estimate of drug-likeness (QED) is 0.669. The zero-order valence-electron chi connectivity index (χ0n) is 6.06. The van der Waals surface area contributed by atoms with E-state index >= 15 is 0 Å². The molecule has 0 N–H and O–H groups in total. The molecule has 1 heterocycles. The minimum Gasteiger partial charge on any atom is -0.768 e. The molecule has 2 rings (SSSR count). The molecule has 1 aromatic carbocycles. The van der Waals surface area contributed by atoms with Gasteiger partial charge in [-0.1, -0.05) is 11.6 Å². The lowest BCUT2D eigenvalue weighted by Gasteiger charge is -2.03. The molecule has 7 heteroatoms. The second-order valence-corrected chi connectivity index (χ2v) is 3.56. The van der Waals surface area contributed by atoms with Gasteiger partial charge in [0.1, 0.15) is 0 Å². The SMILES string of the molecule is O=S([O-])c1ccc(Cl)c2nonc12. The number of rotatable bonds is 1. The van der Waals surface area contributed by atoms with Gasteiger partial charge in [0.15, 0.2) is 11.0 Å². The Morgan fingerprint density at radius 3 is 2.77 bits per heavy atom. The third-order valence-electron chi connectivity index (χ3n) is 1.51. The second-order valence-electron chi connectivity index (χ2n) is 2.24. The van der Waals surface area contributed by atoms with Gasteiger partial charge in [-0.25, -0.2) is 4.63 Å². The second kappa shape index (κ2) is 3.06. The number of hydrogen-bond donors (Lipinski definition) is 0. The molecule has 0 saturated heterocycles. The number of halogens is 1. The van der Waals surface area contributed by atoms with Crippen LogP contribution in [0.1, 0.15) is 0 Å². The van der Waals surface area contributed by atoms with Gasteiger partial charge in [-0.05, 0) is 33.5 Å². The maximum Gasteiger partial charge on any atom is 0.155 e. The normalized spacial score (nSPS) is 13.4. The van der Waals surface area contributed by atoms with E-state index < -0.39 is 11.1 Å². The van der Waals surface area contributed by atoms with E-state index in [1.165, 1.54) is 12.1 Å². The Hall–Kier alpha value is -0.980. The van der Waals surface area contributed by atoms with Crippen LogP contribution >= 0.6 is 11.6 Å². The van der Waals surface area contributed by atoms with Crippen molar-refractivity contribution in [2.75, 3.05) is 0 Å². The molecule has 0 spiro atoms. The lowest BCUT2D eigenvalue weighted by Crippen LogP contribution is -1.90. The first-order valence-corrected chi connectivity index (χ1v) is 4.65. The van der Waals surface area contributed by atoms with E-state index in [0.29, 0.717) is 5.02 Å². The van der Waals surface area contributed by atoms with E-state index in [1.807, 2.05) is 0 Å². The van der Waals surface area contributed by atoms with Crippen LogP contribution in [0.5, 0.6) is 0 Å². The summed E-state index contributed by atoms with van der Waals surface area (Å²) < 4.78 is 25.7. The smallest absolute Gasteiger partial charge is 0.155 e. The molecule has 0 bridgehead atoms. The number of fused-ring (bicyclic) bond motifs is 1. The van der Waals surface area contributed by atoms with E-state index in [-0.39, 0.29) is 15.9 Å². The first kappa shape index (κ1) is 8.61. The first-order valence-electron chi connectivity index (χ1n) is 3.20. The summed E-state index contributed by atoms with van der Waals surface area (Å²) in [6.07, 6.45) is 0. The highest BCUT2D eigenvalue weighted by Crippen LogP contribution is 2.24. The summed E-state index contributed by atoms with van der Waals surface area (Å²) in [6, 6.07) is 2.78. The summed E-state index contributed by atoms with van der Waals surface area (Å²) in [4.78, 5) is 0.0284. The Morgan fingerprint density at radius 1 is 1.38 bits per heavy atom. The number of aromatic nitrogens is 2. The maximum absolute atomic E-state index is 10.7. The fourth-order valence-corrected chi connectivity index (χ4v) is 1.61. The van der Waals surface area contributed by atoms with Crippen molar-refractivity contribution in [1.29, 1.82) is 0 Å². The predicted octanol–water partition coefficient (Wildman–Crippen LogP) is 1.11. The zero-order chi connectivity index (χ0) is 9.42. The molecule has 0 aliphatic heterocycles. The van der Waals surface area contributed by atoms with Gasteiger partial charge in [-0.3, -0.25) is 4.21 Å². The zero-order valence-corrected chi connectivity index (χ0v) is 7.63. The minimum absolute atomic E-state index is 0.0284. The fourth-order valence-electron chi connectivity index (χ4n) is 0.948. The Balaban J connectivity index is 2.86. The van der Waals surface area contributed by atoms with Crippen molar-refractivity contribution in [3.63, 3.8) is 0 Å². The lowest BCUT2D eigenvalue weighted by atomic mass is 10.3. The highest BCUT2D eigenvalue weighted by atomic mass is 35.5. The van der Waals surface area contributed by atoms with Gasteiger partial charge in [-0.15, -0.1) is 0 Å². The molecule has 5 nitrogen and oxygen atoms in total. The summed E-state index contributed by atoms with van der Waals surface area (Å²) in [7, 11) is 0. The number of nitrogens with zero attached hydrogens (tertiary/aromatic N) is 2. The van der Waals surface area contributed by atoms with Gasteiger partial charge in [0.25, 0.3) is 0 Å². The van der Waals surface area contributed by atoms with E-state index in [1.54, 1.807) is 0 Å². The van der Waals surface area contributed by atoms with Crippen LogP contribution in [0.25, 0.3) is 11.0 Å². The molecule has 0 radical (unpaired) electrons. The van der Waals surface area contributed by atoms with Gasteiger partial charge in [0.2, 0.25) is 0 Å². The van der Waals surface area contributed by atoms with Crippen molar-refractivity contribution in [1.82, 2.24) is 10.3 Å². The maximum atomic E-state index is 10.7. The van der Waals surface area contributed by atoms with E-state index in [4.69, 9.17) is 11.6 Å². The number of benzene rings is 1. The van der Waals surface area contributed by atoms with E-state index in [2.05, 4.69) is 14.9 Å². The third kappa shape index (κ3) is 1.32. The van der Waals surface area contributed by atoms with Crippen LogP contribution in [-0.2, 0) is 11.1 Å². The molecule has 1 atom stereocenters. The minimum atomic E-state index is -2.36. The van der Waals surface area contributed by atoms with Crippen molar-refractivity contribution < 1.29 is 13.4 Å². The van der Waals surface area contributed by atoms with E-state index in [0.717, 1.165) is 0 Å². The van der Waals surface area contributed by atoms with Crippen LogP contribution in [-0.4, -0.2) is 19.1 Å². The van der Waals surface area contributed by atoms with Crippen LogP contribution < -0.4 is 0 Å². The lowest BCUT2D eigenvalue weighted by molar-refractivity contribution is 0.315. The highest BCUT2D eigenvalue weighted by molar-refractivity contribution is 7.79. The number of hydrogen-bond acceptors (Lipinski definition) is 5. The molecule has 1 unspecified atom stereocenters. The third-order valence-corrected chi connectivity index (χ3v) is 2.50. The van der Waals surface area contributed by atoms with Crippen LogP contribution in [0.15, 0.2) is 21.7 Å². The largest absolute Gasteiger partial charge is 0.768 e. The Bertz CT molecular complexity index is 484. The van der Waals surface area contributed by atoms with Crippen molar-refractivity contribution in [3.8, 4) is 0 Å². The molecular formula is C6H2ClN2O3S-. The highest BCUT2D eigenvalue weighted by Gasteiger charge is 2.10. The van der Waals surface area contributed by atoms with Crippen molar-refractivity contribution in [3.05, 3.63) is 17.2 Å². The van der Waals surface area contributed by atoms with Crippen LogP contribution in [0.4, 0.5) is 0 Å². The predicted molar refractivity (Wildman–Crippen MR) is 44.0 cm³/mol. The van der Waals surface area contributed by atoms with Crippen LogP contribution in [0.2, 0.25) is 5.02 Å². The Morgan fingerprint density at radius 2 is 2.08 bits per heavy atom. The molecule has 68 valence electrons. The van der Waals surface area contributed by atoms with Crippen molar-refractivity contribution in [2.45, 2.75) is 4.90 Å². The van der Waals surface area contributed by atoms with E-state index in [9.17, 15) is 8.76 Å². The van der Waals surface area contributed by atoms with Crippen LogP contribution in [0, 0.1) is 0 Å². The molecule has 0 saturated carbocycles. The van der Waals surface area contributed by atoms with Gasteiger partial charge in [0, 0.05) is 0 Å². The van der Waals surface area contributed by atoms with Gasteiger partial charge < -0.3 is 4.55 Å². The fraction of sp³-hybridized carbons (Fsp3) is 0. The summed E-state index contributed by atoms with van der Waals surface area (Å²) >= 11 is 3.35. The molecule has 0 aliphatic carbocycles. The molecule has 0 amide bonds. The molecule has 0 aliphatic rings. The Kier molecular flexibility index (Phi) is 2.03. The monoisotopic (exact) mass is 217 g/mol. The standard InChI is InChI=1S/C6H3ClN2O3S/c7-3-1-2-4(13(10)11)6-5(3)8-12-9-6/h1-2H,(H,10,11)/p-1. The molecule has 13 heavy (non-hydrogen) atoms. The van der Waals surface area contributed by atoms with Gasteiger partial charge in [-0.2, -0.15) is 0 Å². The van der Waals surface area contributed by atoms with Gasteiger partial charge in [0.05, 0.1) is 9.92 Å². The van der Waals surface area contributed by atoms with Crippen molar-refractivity contribution in [2.24, 2.45) is 0 Å². The summed E-state index contributed by atoms with van der Waals surface area (Å²) in [5.74, 6) is 0. The average molecular weight is 218 g/mol. The Labute approximate surface area is 79.9 Å². The first-order chi connectivity index (χ1) is 6.20. The summed E-state index contributed by atoms with van der Waals surface area (Å²) in [5, 5.41) is 7.22. The molecule has 0 fully saturated rings. The average Bonchev–Trinajstić information content (AvgIpc) is 2.53. The molecular weight excluding hydrogens is 216 g/mol. The summed E-state index contributed by atoms with van der Waals surface area (Å²) in [6.45, 7) is 0. The molecule has 1 aromatic heterocycles. The molecule has 2 aromatic rings. The van der Waals surface area contributed by atoms with Crippen LogP contribution in [0.3, 0.4) is 0 Å². The van der Waals surface area contributed by atoms with Crippen molar-refractivity contribution >= 4 is 33.7 Å². The topological polar surface area (TPSA) is 79.0 Å². The summed E-state index contributed by atoms with van der Waals surface area (Å²) in [5.41, 5.74) is 0.407.